The largest absolute Gasteiger partial charge is 0.322 e. The van der Waals surface area contributed by atoms with E-state index < -0.39 is 0 Å². The maximum atomic E-state index is 12.9. The first-order valence-corrected chi connectivity index (χ1v) is 8.59. The number of carbonyl (C=O) groups is 1. The Bertz CT molecular complexity index is 1270. The van der Waals surface area contributed by atoms with Crippen LogP contribution in [0.3, 0.4) is 0 Å². The summed E-state index contributed by atoms with van der Waals surface area (Å²) in [6.07, 6.45) is 0. The van der Waals surface area contributed by atoms with Crippen molar-refractivity contribution in [3.63, 3.8) is 0 Å². The number of hydrogen-bond acceptors (Lipinski definition) is 4. The lowest BCUT2D eigenvalue weighted by Gasteiger charge is -2.11. The van der Waals surface area contributed by atoms with E-state index in [1.54, 1.807) is 19.2 Å². The van der Waals surface area contributed by atoms with Crippen molar-refractivity contribution in [3.8, 4) is 0 Å². The van der Waals surface area contributed by atoms with E-state index in [0.717, 1.165) is 22.3 Å². The molecule has 2 aromatic heterocycles. The number of benzene rings is 2. The lowest BCUT2D eigenvalue weighted by Crippen LogP contribution is -2.21. The van der Waals surface area contributed by atoms with Crippen LogP contribution in [-0.4, -0.2) is 20.4 Å². The van der Waals surface area contributed by atoms with Gasteiger partial charge < -0.3 is 9.88 Å². The van der Waals surface area contributed by atoms with E-state index in [1.807, 2.05) is 44.2 Å². The molecule has 1 amide bonds. The number of aromatic nitrogens is 3. The topological polar surface area (TPSA) is 76.9 Å². The van der Waals surface area contributed by atoms with Crippen molar-refractivity contribution in [1.82, 2.24) is 14.5 Å². The van der Waals surface area contributed by atoms with Gasteiger partial charge in [0.15, 0.2) is 0 Å². The lowest BCUT2D eigenvalue weighted by molar-refractivity contribution is 0.102. The average Bonchev–Trinajstić information content (AvgIpc) is 2.66. The van der Waals surface area contributed by atoms with Crippen molar-refractivity contribution < 1.29 is 4.79 Å². The van der Waals surface area contributed by atoms with Gasteiger partial charge in [-0.1, -0.05) is 18.2 Å². The van der Waals surface area contributed by atoms with E-state index in [9.17, 15) is 9.59 Å². The number of nitrogens with one attached hydrogen (secondary N) is 1. The smallest absolute Gasteiger partial charge is 0.256 e. The predicted octanol–water partition coefficient (Wildman–Crippen LogP) is 3.35. The van der Waals surface area contributed by atoms with Crippen LogP contribution in [-0.2, 0) is 7.05 Å². The number of fused-ring (bicyclic) bond motifs is 2. The zero-order chi connectivity index (χ0) is 19.1. The van der Waals surface area contributed by atoms with Crippen molar-refractivity contribution in [2.45, 2.75) is 13.8 Å². The molecular weight excluding hydrogens is 340 g/mol. The minimum absolute atomic E-state index is 0.227. The molecule has 134 valence electrons. The Labute approximate surface area is 155 Å². The number of aryl methyl sites for hydroxylation is 3. The van der Waals surface area contributed by atoms with Gasteiger partial charge in [-0.2, -0.15) is 0 Å². The maximum Gasteiger partial charge on any atom is 0.256 e. The number of anilines is 1. The first kappa shape index (κ1) is 16.9. The molecule has 6 nitrogen and oxygen atoms in total. The molecule has 27 heavy (non-hydrogen) atoms. The molecule has 6 heteroatoms. The van der Waals surface area contributed by atoms with E-state index in [1.165, 1.54) is 10.6 Å². The van der Waals surface area contributed by atoms with Crippen LogP contribution in [0.4, 0.5) is 5.69 Å². The Hall–Kier alpha value is -3.54. The molecule has 0 atom stereocenters. The molecular formula is C21H18N4O2. The second kappa shape index (κ2) is 6.32. The third-order valence-electron chi connectivity index (χ3n) is 4.73. The van der Waals surface area contributed by atoms with Crippen LogP contribution in [0.15, 0.2) is 53.3 Å². The number of nitrogens with zero attached hydrogens (tertiary/aromatic N) is 3. The van der Waals surface area contributed by atoms with Gasteiger partial charge in [-0.15, -0.1) is 0 Å². The zero-order valence-corrected chi connectivity index (χ0v) is 15.3. The molecule has 4 aromatic rings. The van der Waals surface area contributed by atoms with E-state index in [2.05, 4.69) is 15.3 Å². The summed E-state index contributed by atoms with van der Waals surface area (Å²) in [6, 6.07) is 14.1. The molecule has 0 aliphatic heterocycles. The highest BCUT2D eigenvalue weighted by Crippen LogP contribution is 2.20. The lowest BCUT2D eigenvalue weighted by atomic mass is 10.1. The zero-order valence-electron chi connectivity index (χ0n) is 15.3. The highest BCUT2D eigenvalue weighted by molar-refractivity contribution is 6.12. The fourth-order valence-electron chi connectivity index (χ4n) is 3.11. The van der Waals surface area contributed by atoms with Crippen LogP contribution in [0.1, 0.15) is 21.7 Å². The highest BCUT2D eigenvalue weighted by Gasteiger charge is 2.14. The van der Waals surface area contributed by atoms with Gasteiger partial charge in [0.2, 0.25) is 0 Å². The summed E-state index contributed by atoms with van der Waals surface area (Å²) < 4.78 is 1.53. The van der Waals surface area contributed by atoms with Crippen LogP contribution in [0.5, 0.6) is 0 Å². The number of para-hydroxylation sites is 1. The molecule has 0 aliphatic carbocycles. The molecule has 2 aromatic carbocycles. The van der Waals surface area contributed by atoms with E-state index in [-0.39, 0.29) is 11.5 Å². The minimum Gasteiger partial charge on any atom is -0.322 e. The molecule has 0 fully saturated rings. The number of carbonyl (C=O) groups excluding carboxylic acids is 1. The second-order valence-electron chi connectivity index (χ2n) is 6.52. The van der Waals surface area contributed by atoms with Gasteiger partial charge in [0.25, 0.3) is 11.5 Å². The summed E-state index contributed by atoms with van der Waals surface area (Å²) in [6.45, 7) is 3.82. The highest BCUT2D eigenvalue weighted by atomic mass is 16.2. The summed E-state index contributed by atoms with van der Waals surface area (Å²) in [7, 11) is 1.69. The first-order chi connectivity index (χ1) is 12.9. The normalized spacial score (nSPS) is 11.1. The monoisotopic (exact) mass is 358 g/mol. The summed E-state index contributed by atoms with van der Waals surface area (Å²) in [4.78, 5) is 34.1. The number of hydrogen-bond donors (Lipinski definition) is 1. The number of amides is 1. The van der Waals surface area contributed by atoms with E-state index in [4.69, 9.17) is 0 Å². The number of pyridine rings is 1. The van der Waals surface area contributed by atoms with Gasteiger partial charge in [-0.05, 0) is 38.1 Å². The molecule has 0 bridgehead atoms. The Morgan fingerprint density at radius 2 is 1.67 bits per heavy atom. The van der Waals surface area contributed by atoms with Crippen LogP contribution in [0, 0.1) is 13.8 Å². The van der Waals surface area contributed by atoms with Gasteiger partial charge in [0.1, 0.15) is 0 Å². The van der Waals surface area contributed by atoms with Gasteiger partial charge >= 0.3 is 0 Å². The SMILES string of the molecule is Cc1nc2ccc(NC(=O)c3cc(=O)n(C)c4ccccc34)cc2nc1C. The van der Waals surface area contributed by atoms with Crippen molar-refractivity contribution in [2.24, 2.45) is 7.05 Å². The van der Waals surface area contributed by atoms with Crippen LogP contribution in [0.25, 0.3) is 21.9 Å². The average molecular weight is 358 g/mol. The van der Waals surface area contributed by atoms with Crippen LogP contribution >= 0.6 is 0 Å². The summed E-state index contributed by atoms with van der Waals surface area (Å²) >= 11 is 0. The molecule has 1 N–H and O–H groups in total. The molecule has 0 radical (unpaired) electrons. The Morgan fingerprint density at radius 1 is 0.963 bits per heavy atom. The van der Waals surface area contributed by atoms with E-state index >= 15 is 0 Å². The predicted molar refractivity (Wildman–Crippen MR) is 106 cm³/mol. The summed E-state index contributed by atoms with van der Waals surface area (Å²) in [5, 5.41) is 3.59. The molecule has 2 heterocycles. The minimum atomic E-state index is -0.333. The maximum absolute atomic E-state index is 12.9. The Morgan fingerprint density at radius 3 is 2.44 bits per heavy atom. The fraction of sp³-hybridized carbons (Fsp3) is 0.143. The van der Waals surface area contributed by atoms with Crippen molar-refractivity contribution in [2.75, 3.05) is 5.32 Å². The summed E-state index contributed by atoms with van der Waals surface area (Å²) in [5.74, 6) is -0.333. The third kappa shape index (κ3) is 2.95. The fourth-order valence-corrected chi connectivity index (χ4v) is 3.11. The Balaban J connectivity index is 1.76. The molecule has 0 saturated carbocycles. The first-order valence-electron chi connectivity index (χ1n) is 8.59. The van der Waals surface area contributed by atoms with Crippen molar-refractivity contribution in [3.05, 3.63) is 75.8 Å². The van der Waals surface area contributed by atoms with Crippen LogP contribution in [0.2, 0.25) is 0 Å². The molecule has 0 unspecified atom stereocenters. The van der Waals surface area contributed by atoms with Crippen molar-refractivity contribution >= 4 is 33.5 Å². The number of rotatable bonds is 2. The quantitative estimate of drug-likeness (QED) is 0.596. The van der Waals surface area contributed by atoms with Crippen molar-refractivity contribution in [1.29, 1.82) is 0 Å². The summed E-state index contributed by atoms with van der Waals surface area (Å²) in [5.41, 5.74) is 4.66. The second-order valence-corrected chi connectivity index (χ2v) is 6.52. The van der Waals surface area contributed by atoms with Gasteiger partial charge in [0, 0.05) is 24.2 Å². The third-order valence-corrected chi connectivity index (χ3v) is 4.73. The van der Waals surface area contributed by atoms with Gasteiger partial charge in [-0.25, -0.2) is 9.97 Å². The molecule has 0 aliphatic rings. The molecule has 4 rings (SSSR count). The van der Waals surface area contributed by atoms with Gasteiger partial charge in [-0.3, -0.25) is 9.59 Å². The molecule has 0 spiro atoms. The van der Waals surface area contributed by atoms with E-state index in [0.29, 0.717) is 22.3 Å². The van der Waals surface area contributed by atoms with Crippen LogP contribution < -0.4 is 10.9 Å². The standard InChI is InChI=1S/C21H18N4O2/c1-12-13(2)23-18-10-14(8-9-17(18)22-12)24-21(27)16-11-20(26)25(3)19-7-5-4-6-15(16)19/h4-11H,1-3H3,(H,24,27). The molecule has 0 saturated heterocycles. The van der Waals surface area contributed by atoms with Gasteiger partial charge in [0.05, 0.1) is 33.5 Å². The Kier molecular flexibility index (Phi) is 3.96.